The second-order valence-electron chi connectivity index (χ2n) is 5.43. The van der Waals surface area contributed by atoms with E-state index in [2.05, 4.69) is 0 Å². The second-order valence-corrected chi connectivity index (χ2v) is 5.43. The highest BCUT2D eigenvalue weighted by Crippen LogP contribution is 2.33. The van der Waals surface area contributed by atoms with E-state index in [-0.39, 0.29) is 11.5 Å². The van der Waals surface area contributed by atoms with Crippen molar-refractivity contribution in [2.75, 3.05) is 7.11 Å². The largest absolute Gasteiger partial charge is 0.496 e. The minimum absolute atomic E-state index is 0.0427. The van der Waals surface area contributed by atoms with E-state index in [1.54, 1.807) is 22.9 Å². The number of aromatic carboxylic acids is 1. The third kappa shape index (κ3) is 2.65. The van der Waals surface area contributed by atoms with Gasteiger partial charge in [-0.3, -0.25) is 9.36 Å². The Kier molecular flexibility index (Phi) is 4.08. The maximum absolute atomic E-state index is 11.9. The average Bonchev–Trinajstić information content (AvgIpc) is 3.03. The number of methoxy groups -OCH3 is 1. The summed E-state index contributed by atoms with van der Waals surface area (Å²) in [5.41, 5.74) is 2.74. The monoisotopic (exact) mass is 323 g/mol. The fraction of sp³-hybridized carbons (Fsp3) is 0.158. The third-order valence-corrected chi connectivity index (χ3v) is 4.02. The number of hydrogen-bond donors (Lipinski definition) is 1. The van der Waals surface area contributed by atoms with E-state index in [1.165, 1.54) is 13.2 Å². The van der Waals surface area contributed by atoms with Crippen LogP contribution in [0.2, 0.25) is 0 Å². The molecule has 0 aliphatic carbocycles. The average molecular weight is 323 g/mol. The molecule has 0 atom stereocenters. The number of carboxylic acid groups (broad SMARTS) is 1. The van der Waals surface area contributed by atoms with Crippen molar-refractivity contribution in [1.29, 1.82) is 0 Å². The lowest BCUT2D eigenvalue weighted by atomic mass is 10.0. The van der Waals surface area contributed by atoms with Gasteiger partial charge < -0.3 is 9.84 Å². The van der Waals surface area contributed by atoms with Crippen molar-refractivity contribution >= 4 is 22.8 Å². The Morgan fingerprint density at radius 1 is 1.12 bits per heavy atom. The van der Waals surface area contributed by atoms with E-state index in [1.807, 2.05) is 31.2 Å². The molecule has 2 aromatic carbocycles. The molecule has 5 nitrogen and oxygen atoms in total. The van der Waals surface area contributed by atoms with Gasteiger partial charge in [0.15, 0.2) is 0 Å². The van der Waals surface area contributed by atoms with Crippen molar-refractivity contribution < 1.29 is 19.4 Å². The van der Waals surface area contributed by atoms with Crippen LogP contribution < -0.4 is 4.74 Å². The SMILES string of the molecule is CCC(=O)n1ccc2cc(-c3ccc(C(=O)O)cc3OC)ccc21. The molecule has 24 heavy (non-hydrogen) atoms. The quantitative estimate of drug-likeness (QED) is 0.786. The minimum Gasteiger partial charge on any atom is -0.496 e. The summed E-state index contributed by atoms with van der Waals surface area (Å²) in [5, 5.41) is 10.0. The molecule has 3 aromatic rings. The van der Waals surface area contributed by atoms with E-state index < -0.39 is 5.97 Å². The molecule has 0 aliphatic heterocycles. The number of carbonyl (C=O) groups excluding carboxylic acids is 1. The zero-order valence-corrected chi connectivity index (χ0v) is 13.4. The van der Waals surface area contributed by atoms with Gasteiger partial charge in [0.1, 0.15) is 5.75 Å². The first-order chi connectivity index (χ1) is 11.5. The first-order valence-corrected chi connectivity index (χ1v) is 7.61. The third-order valence-electron chi connectivity index (χ3n) is 4.02. The number of nitrogens with zero attached hydrogens (tertiary/aromatic N) is 1. The van der Waals surface area contributed by atoms with Crippen molar-refractivity contribution in [2.24, 2.45) is 0 Å². The highest BCUT2D eigenvalue weighted by molar-refractivity contribution is 5.95. The minimum atomic E-state index is -0.995. The van der Waals surface area contributed by atoms with Gasteiger partial charge in [-0.15, -0.1) is 0 Å². The van der Waals surface area contributed by atoms with Gasteiger partial charge in [0.25, 0.3) is 0 Å². The van der Waals surface area contributed by atoms with Gasteiger partial charge in [-0.05, 0) is 42.0 Å². The molecule has 0 unspecified atom stereocenters. The van der Waals surface area contributed by atoms with Crippen LogP contribution in [0.1, 0.15) is 28.5 Å². The molecule has 0 saturated heterocycles. The van der Waals surface area contributed by atoms with Crippen LogP contribution in [0.3, 0.4) is 0 Å². The Morgan fingerprint density at radius 3 is 2.58 bits per heavy atom. The van der Waals surface area contributed by atoms with Crippen molar-refractivity contribution in [3.8, 4) is 16.9 Å². The van der Waals surface area contributed by atoms with E-state index in [0.29, 0.717) is 12.2 Å². The fourth-order valence-corrected chi connectivity index (χ4v) is 2.76. The van der Waals surface area contributed by atoms with Crippen LogP contribution in [0.25, 0.3) is 22.0 Å². The summed E-state index contributed by atoms with van der Waals surface area (Å²) in [6, 6.07) is 12.4. The van der Waals surface area contributed by atoms with Crippen LogP contribution in [0.15, 0.2) is 48.7 Å². The molecular formula is C19H17NO4. The predicted octanol–water partition coefficient (Wildman–Crippen LogP) is 4.07. The van der Waals surface area contributed by atoms with Gasteiger partial charge in [-0.25, -0.2) is 4.79 Å². The summed E-state index contributed by atoms with van der Waals surface area (Å²) < 4.78 is 6.98. The molecule has 5 heteroatoms. The molecule has 3 rings (SSSR count). The number of aromatic nitrogens is 1. The molecule has 0 fully saturated rings. The van der Waals surface area contributed by atoms with Crippen LogP contribution in [0.5, 0.6) is 5.75 Å². The molecule has 0 bridgehead atoms. The zero-order valence-electron chi connectivity index (χ0n) is 13.4. The summed E-state index contributed by atoms with van der Waals surface area (Å²) in [4.78, 5) is 23.0. The van der Waals surface area contributed by atoms with Crippen LogP contribution in [0, 0.1) is 0 Å². The van der Waals surface area contributed by atoms with E-state index in [9.17, 15) is 9.59 Å². The molecule has 0 radical (unpaired) electrons. The molecule has 1 aromatic heterocycles. The Labute approximate surface area is 139 Å². The Balaban J connectivity index is 2.10. The predicted molar refractivity (Wildman–Crippen MR) is 91.8 cm³/mol. The number of carboxylic acids is 1. The first kappa shape index (κ1) is 15.8. The smallest absolute Gasteiger partial charge is 0.335 e. The standard InChI is InChI=1S/C19H17NO4/c1-3-18(21)20-9-8-13-10-12(5-7-16(13)20)15-6-4-14(19(22)23)11-17(15)24-2/h4-11H,3H2,1-2H3,(H,22,23). The Bertz CT molecular complexity index is 940. The summed E-state index contributed by atoms with van der Waals surface area (Å²) >= 11 is 0. The molecule has 0 aliphatic rings. The molecule has 1 heterocycles. The molecular weight excluding hydrogens is 306 g/mol. The van der Waals surface area contributed by atoms with E-state index in [0.717, 1.165) is 22.0 Å². The molecule has 0 saturated carbocycles. The topological polar surface area (TPSA) is 68.5 Å². The summed E-state index contributed by atoms with van der Waals surface area (Å²) in [7, 11) is 1.51. The fourth-order valence-electron chi connectivity index (χ4n) is 2.76. The van der Waals surface area contributed by atoms with Gasteiger partial charge >= 0.3 is 5.97 Å². The van der Waals surface area contributed by atoms with E-state index >= 15 is 0 Å². The summed E-state index contributed by atoms with van der Waals surface area (Å²) in [6.07, 6.45) is 2.21. The first-order valence-electron chi connectivity index (χ1n) is 7.61. The Hall–Kier alpha value is -3.08. The normalized spacial score (nSPS) is 10.8. The van der Waals surface area contributed by atoms with Gasteiger partial charge in [0.2, 0.25) is 5.91 Å². The van der Waals surface area contributed by atoms with E-state index in [4.69, 9.17) is 9.84 Å². The number of benzene rings is 2. The lowest BCUT2D eigenvalue weighted by Gasteiger charge is -2.10. The maximum atomic E-state index is 11.9. The van der Waals surface area contributed by atoms with Gasteiger partial charge in [-0.2, -0.15) is 0 Å². The van der Waals surface area contributed by atoms with Crippen molar-refractivity contribution in [2.45, 2.75) is 13.3 Å². The second kappa shape index (κ2) is 6.20. The summed E-state index contributed by atoms with van der Waals surface area (Å²) in [5.74, 6) is -0.454. The molecule has 0 spiro atoms. The highest BCUT2D eigenvalue weighted by atomic mass is 16.5. The van der Waals surface area contributed by atoms with Crippen molar-refractivity contribution in [3.63, 3.8) is 0 Å². The molecule has 1 N–H and O–H groups in total. The summed E-state index contributed by atoms with van der Waals surface area (Å²) in [6.45, 7) is 1.83. The van der Waals surface area contributed by atoms with Crippen LogP contribution in [-0.2, 0) is 0 Å². The van der Waals surface area contributed by atoms with Crippen molar-refractivity contribution in [1.82, 2.24) is 4.57 Å². The van der Waals surface area contributed by atoms with Crippen LogP contribution in [-0.4, -0.2) is 28.7 Å². The van der Waals surface area contributed by atoms with Crippen LogP contribution in [0.4, 0.5) is 0 Å². The number of hydrogen-bond acceptors (Lipinski definition) is 3. The van der Waals surface area contributed by atoms with Crippen LogP contribution >= 0.6 is 0 Å². The molecule has 0 amide bonds. The van der Waals surface area contributed by atoms with Gasteiger partial charge in [-0.1, -0.05) is 13.0 Å². The Morgan fingerprint density at radius 2 is 1.92 bits per heavy atom. The lowest BCUT2D eigenvalue weighted by Crippen LogP contribution is -2.06. The number of ether oxygens (including phenoxy) is 1. The number of fused-ring (bicyclic) bond motifs is 1. The van der Waals surface area contributed by atoms with Gasteiger partial charge in [0, 0.05) is 23.6 Å². The zero-order chi connectivity index (χ0) is 17.3. The lowest BCUT2D eigenvalue weighted by molar-refractivity contribution is 0.0696. The number of rotatable bonds is 4. The maximum Gasteiger partial charge on any atom is 0.335 e. The number of carbonyl (C=O) groups is 2. The highest BCUT2D eigenvalue weighted by Gasteiger charge is 2.13. The van der Waals surface area contributed by atoms with Crippen molar-refractivity contribution in [3.05, 3.63) is 54.2 Å². The molecule has 122 valence electrons. The van der Waals surface area contributed by atoms with Gasteiger partial charge in [0.05, 0.1) is 18.2 Å².